The Labute approximate surface area is 129 Å². The van der Waals surface area contributed by atoms with Gasteiger partial charge in [0.25, 0.3) is 0 Å². The molecule has 0 saturated heterocycles. The SMILES string of the molecule is CN=C(NCCCOCC(C)C)NCc1cccc(C)c1. The summed E-state index contributed by atoms with van der Waals surface area (Å²) in [5, 5.41) is 6.62. The molecule has 0 aromatic heterocycles. The maximum absolute atomic E-state index is 5.55. The van der Waals surface area contributed by atoms with Gasteiger partial charge in [-0.15, -0.1) is 0 Å². The highest BCUT2D eigenvalue weighted by atomic mass is 16.5. The highest BCUT2D eigenvalue weighted by Crippen LogP contribution is 2.03. The Hall–Kier alpha value is -1.55. The topological polar surface area (TPSA) is 45.7 Å². The Bertz CT molecular complexity index is 430. The van der Waals surface area contributed by atoms with Gasteiger partial charge in [-0.2, -0.15) is 0 Å². The van der Waals surface area contributed by atoms with Gasteiger partial charge in [-0.1, -0.05) is 43.7 Å². The third-order valence-corrected chi connectivity index (χ3v) is 2.98. The summed E-state index contributed by atoms with van der Waals surface area (Å²) in [4.78, 5) is 4.23. The van der Waals surface area contributed by atoms with Crippen molar-refractivity contribution in [2.75, 3.05) is 26.8 Å². The summed E-state index contributed by atoms with van der Waals surface area (Å²) in [6.45, 7) is 9.70. The van der Waals surface area contributed by atoms with Crippen molar-refractivity contribution >= 4 is 5.96 Å². The number of hydrogen-bond donors (Lipinski definition) is 2. The molecular weight excluding hydrogens is 262 g/mol. The second-order valence-corrected chi connectivity index (χ2v) is 5.66. The van der Waals surface area contributed by atoms with Crippen molar-refractivity contribution in [2.24, 2.45) is 10.9 Å². The molecule has 118 valence electrons. The monoisotopic (exact) mass is 291 g/mol. The lowest BCUT2D eigenvalue weighted by molar-refractivity contribution is 0.108. The van der Waals surface area contributed by atoms with Crippen LogP contribution in [-0.2, 0) is 11.3 Å². The van der Waals surface area contributed by atoms with E-state index in [2.05, 4.69) is 60.7 Å². The molecule has 0 aliphatic rings. The molecule has 1 aromatic carbocycles. The highest BCUT2D eigenvalue weighted by Gasteiger charge is 1.99. The van der Waals surface area contributed by atoms with E-state index in [0.29, 0.717) is 5.92 Å². The van der Waals surface area contributed by atoms with E-state index in [1.54, 1.807) is 7.05 Å². The van der Waals surface area contributed by atoms with Crippen LogP contribution in [0.1, 0.15) is 31.4 Å². The van der Waals surface area contributed by atoms with E-state index < -0.39 is 0 Å². The molecule has 4 nitrogen and oxygen atoms in total. The molecule has 0 amide bonds. The van der Waals surface area contributed by atoms with Crippen LogP contribution in [-0.4, -0.2) is 32.8 Å². The van der Waals surface area contributed by atoms with Gasteiger partial charge in [-0.05, 0) is 24.8 Å². The first kappa shape index (κ1) is 17.5. The van der Waals surface area contributed by atoms with Crippen molar-refractivity contribution in [2.45, 2.75) is 33.7 Å². The van der Waals surface area contributed by atoms with Crippen molar-refractivity contribution in [1.29, 1.82) is 0 Å². The van der Waals surface area contributed by atoms with Crippen molar-refractivity contribution < 1.29 is 4.74 Å². The number of rotatable bonds is 8. The molecule has 0 fully saturated rings. The molecule has 1 aromatic rings. The number of nitrogens with zero attached hydrogens (tertiary/aromatic N) is 1. The van der Waals surface area contributed by atoms with Crippen molar-refractivity contribution in [3.8, 4) is 0 Å². The van der Waals surface area contributed by atoms with E-state index in [0.717, 1.165) is 38.7 Å². The molecule has 2 N–H and O–H groups in total. The van der Waals surface area contributed by atoms with Crippen LogP contribution in [0.15, 0.2) is 29.3 Å². The van der Waals surface area contributed by atoms with Crippen LogP contribution in [0.5, 0.6) is 0 Å². The molecule has 1 rings (SSSR count). The normalized spacial score (nSPS) is 11.8. The molecular formula is C17H29N3O. The van der Waals surface area contributed by atoms with Crippen LogP contribution in [0.25, 0.3) is 0 Å². The van der Waals surface area contributed by atoms with Crippen LogP contribution in [0.2, 0.25) is 0 Å². The maximum Gasteiger partial charge on any atom is 0.191 e. The number of aryl methyl sites for hydroxylation is 1. The molecule has 0 spiro atoms. The van der Waals surface area contributed by atoms with E-state index in [4.69, 9.17) is 4.74 Å². The predicted octanol–water partition coefficient (Wildman–Crippen LogP) is 2.72. The molecule has 0 atom stereocenters. The first-order valence-electron chi connectivity index (χ1n) is 7.69. The fourth-order valence-electron chi connectivity index (χ4n) is 1.93. The molecule has 4 heteroatoms. The Balaban J connectivity index is 2.18. The quantitative estimate of drug-likeness (QED) is 0.440. The third-order valence-electron chi connectivity index (χ3n) is 2.98. The Morgan fingerprint density at radius 1 is 1.29 bits per heavy atom. The van der Waals surface area contributed by atoms with Gasteiger partial charge < -0.3 is 15.4 Å². The number of aliphatic imine (C=N–C) groups is 1. The fraction of sp³-hybridized carbons (Fsp3) is 0.588. The van der Waals surface area contributed by atoms with Gasteiger partial charge in [-0.25, -0.2) is 0 Å². The van der Waals surface area contributed by atoms with Crippen molar-refractivity contribution in [3.63, 3.8) is 0 Å². The molecule has 21 heavy (non-hydrogen) atoms. The van der Waals surface area contributed by atoms with Crippen LogP contribution < -0.4 is 10.6 Å². The lowest BCUT2D eigenvalue weighted by Gasteiger charge is -2.12. The van der Waals surface area contributed by atoms with E-state index in [-0.39, 0.29) is 0 Å². The zero-order chi connectivity index (χ0) is 15.5. The number of benzene rings is 1. The predicted molar refractivity (Wildman–Crippen MR) is 89.7 cm³/mol. The Morgan fingerprint density at radius 2 is 2.10 bits per heavy atom. The smallest absolute Gasteiger partial charge is 0.191 e. The minimum absolute atomic E-state index is 0.599. The van der Waals surface area contributed by atoms with Gasteiger partial charge in [0.15, 0.2) is 5.96 Å². The van der Waals surface area contributed by atoms with Crippen LogP contribution >= 0.6 is 0 Å². The van der Waals surface area contributed by atoms with Gasteiger partial charge >= 0.3 is 0 Å². The average molecular weight is 291 g/mol. The van der Waals surface area contributed by atoms with Crippen molar-refractivity contribution in [3.05, 3.63) is 35.4 Å². The number of ether oxygens (including phenoxy) is 1. The first-order chi connectivity index (χ1) is 10.1. The fourth-order valence-corrected chi connectivity index (χ4v) is 1.93. The second kappa shape index (κ2) is 10.2. The molecule has 0 aliphatic carbocycles. The lowest BCUT2D eigenvalue weighted by atomic mass is 10.1. The number of hydrogen-bond acceptors (Lipinski definition) is 2. The van der Waals surface area contributed by atoms with E-state index in [9.17, 15) is 0 Å². The Kier molecular flexibility index (Phi) is 8.51. The zero-order valence-corrected chi connectivity index (χ0v) is 13.8. The summed E-state index contributed by atoms with van der Waals surface area (Å²) in [6, 6.07) is 8.48. The summed E-state index contributed by atoms with van der Waals surface area (Å²) >= 11 is 0. The standard InChI is InChI=1S/C17H29N3O/c1-14(2)13-21-10-6-9-19-17(18-4)20-12-16-8-5-7-15(3)11-16/h5,7-8,11,14H,6,9-10,12-13H2,1-4H3,(H2,18,19,20). The summed E-state index contributed by atoms with van der Waals surface area (Å²) in [5.74, 6) is 1.43. The molecule has 0 bridgehead atoms. The van der Waals surface area contributed by atoms with Gasteiger partial charge in [-0.3, -0.25) is 4.99 Å². The second-order valence-electron chi connectivity index (χ2n) is 5.66. The summed E-state index contributed by atoms with van der Waals surface area (Å²) in [6.07, 6.45) is 0.984. The van der Waals surface area contributed by atoms with Crippen LogP contribution in [0, 0.1) is 12.8 Å². The van der Waals surface area contributed by atoms with Gasteiger partial charge in [0, 0.05) is 33.4 Å². The first-order valence-corrected chi connectivity index (χ1v) is 7.69. The average Bonchev–Trinajstić information content (AvgIpc) is 2.45. The van der Waals surface area contributed by atoms with Crippen molar-refractivity contribution in [1.82, 2.24) is 10.6 Å². The highest BCUT2D eigenvalue weighted by molar-refractivity contribution is 5.79. The summed E-state index contributed by atoms with van der Waals surface area (Å²) in [5.41, 5.74) is 2.54. The number of guanidine groups is 1. The minimum atomic E-state index is 0.599. The summed E-state index contributed by atoms with van der Waals surface area (Å²) < 4.78 is 5.55. The van der Waals surface area contributed by atoms with Gasteiger partial charge in [0.2, 0.25) is 0 Å². The largest absolute Gasteiger partial charge is 0.381 e. The van der Waals surface area contributed by atoms with Gasteiger partial charge in [0.05, 0.1) is 0 Å². The lowest BCUT2D eigenvalue weighted by Crippen LogP contribution is -2.37. The van der Waals surface area contributed by atoms with E-state index in [1.807, 2.05) is 0 Å². The molecule has 0 aliphatic heterocycles. The molecule has 0 saturated carbocycles. The zero-order valence-electron chi connectivity index (χ0n) is 13.8. The maximum atomic E-state index is 5.55. The summed E-state index contributed by atoms with van der Waals surface area (Å²) in [7, 11) is 1.79. The van der Waals surface area contributed by atoms with Gasteiger partial charge in [0.1, 0.15) is 0 Å². The minimum Gasteiger partial charge on any atom is -0.381 e. The third kappa shape index (κ3) is 8.35. The molecule has 0 heterocycles. The van der Waals surface area contributed by atoms with E-state index >= 15 is 0 Å². The number of nitrogens with one attached hydrogen (secondary N) is 2. The molecule has 0 radical (unpaired) electrons. The van der Waals surface area contributed by atoms with Crippen LogP contribution in [0.3, 0.4) is 0 Å². The van der Waals surface area contributed by atoms with Crippen LogP contribution in [0.4, 0.5) is 0 Å². The molecule has 0 unspecified atom stereocenters. The van der Waals surface area contributed by atoms with E-state index in [1.165, 1.54) is 11.1 Å². The Morgan fingerprint density at radius 3 is 2.76 bits per heavy atom.